The van der Waals surface area contributed by atoms with Gasteiger partial charge in [-0.3, -0.25) is 0 Å². The third kappa shape index (κ3) is 1.59. The molecular formula is C7H8N4S2. The van der Waals surface area contributed by atoms with Crippen molar-refractivity contribution in [3.63, 3.8) is 0 Å². The van der Waals surface area contributed by atoms with Crippen LogP contribution in [0.3, 0.4) is 0 Å². The maximum atomic E-state index is 5.51. The molecule has 13 heavy (non-hydrogen) atoms. The fraction of sp³-hybridized carbons (Fsp3) is 0.143. The van der Waals surface area contributed by atoms with Crippen molar-refractivity contribution in [3.8, 4) is 0 Å². The van der Waals surface area contributed by atoms with Gasteiger partial charge in [0.25, 0.3) is 0 Å². The summed E-state index contributed by atoms with van der Waals surface area (Å²) in [4.78, 5) is 10.2. The van der Waals surface area contributed by atoms with Gasteiger partial charge >= 0.3 is 0 Å². The Balaban J connectivity index is 2.51. The quantitative estimate of drug-likeness (QED) is 0.685. The Labute approximate surface area is 84.5 Å². The number of nitrogens with one attached hydrogen (secondary N) is 1. The summed E-state index contributed by atoms with van der Waals surface area (Å²) in [5, 5.41) is 0. The first kappa shape index (κ1) is 8.71. The van der Waals surface area contributed by atoms with Crippen LogP contribution in [-0.2, 0) is 0 Å². The van der Waals surface area contributed by atoms with Gasteiger partial charge in [-0.2, -0.15) is 0 Å². The van der Waals surface area contributed by atoms with Gasteiger partial charge < -0.3 is 10.5 Å². The molecule has 0 aliphatic carbocycles. The number of hydrogen-bond donors (Lipinski definition) is 2. The van der Waals surface area contributed by atoms with Crippen molar-refractivity contribution < 1.29 is 0 Å². The smallest absolute Gasteiger partial charge is 0.220 e. The van der Waals surface area contributed by atoms with E-state index in [2.05, 4.69) is 14.7 Å². The van der Waals surface area contributed by atoms with Crippen molar-refractivity contribution in [1.82, 2.24) is 14.7 Å². The number of thioether (sulfide) groups is 1. The summed E-state index contributed by atoms with van der Waals surface area (Å²) in [6.07, 6.45) is 5.66. The summed E-state index contributed by atoms with van der Waals surface area (Å²) in [7, 11) is 0. The van der Waals surface area contributed by atoms with Gasteiger partial charge in [-0.15, -0.1) is 11.8 Å². The first-order valence-corrected chi connectivity index (χ1v) is 5.65. The van der Waals surface area contributed by atoms with E-state index in [1.807, 2.05) is 12.5 Å². The maximum Gasteiger partial charge on any atom is 0.220 e. The minimum Gasteiger partial charge on any atom is -0.368 e. The first-order chi connectivity index (χ1) is 6.31. The molecule has 0 atom stereocenters. The lowest BCUT2D eigenvalue weighted by atomic mass is 10.4. The molecule has 2 heterocycles. The zero-order chi connectivity index (χ0) is 9.26. The van der Waals surface area contributed by atoms with Gasteiger partial charge in [-0.1, -0.05) is 0 Å². The van der Waals surface area contributed by atoms with Gasteiger partial charge in [0.2, 0.25) is 5.95 Å². The second kappa shape index (κ2) is 3.47. The zero-order valence-corrected chi connectivity index (χ0v) is 8.58. The molecule has 0 amide bonds. The van der Waals surface area contributed by atoms with Crippen LogP contribution < -0.4 is 10.5 Å². The Hall–Kier alpha value is -0.880. The lowest BCUT2D eigenvalue weighted by Gasteiger charge is -2.14. The summed E-state index contributed by atoms with van der Waals surface area (Å²) < 4.78 is 3.07. The molecule has 0 aromatic carbocycles. The van der Waals surface area contributed by atoms with Crippen LogP contribution in [0, 0.1) is 0 Å². The van der Waals surface area contributed by atoms with Crippen molar-refractivity contribution in [2.45, 2.75) is 4.90 Å². The minimum atomic E-state index is 0.321. The third-order valence-corrected chi connectivity index (χ3v) is 3.09. The molecule has 0 unspecified atom stereocenters. The molecule has 0 radical (unpaired) electrons. The molecule has 1 aliphatic heterocycles. The monoisotopic (exact) mass is 212 g/mol. The predicted molar refractivity (Wildman–Crippen MR) is 56.9 cm³/mol. The Morgan fingerprint density at radius 3 is 3.23 bits per heavy atom. The fourth-order valence-corrected chi connectivity index (χ4v) is 2.33. The number of aromatic nitrogens is 2. The highest BCUT2D eigenvalue weighted by Gasteiger charge is 2.14. The van der Waals surface area contributed by atoms with Crippen molar-refractivity contribution in [2.24, 2.45) is 0 Å². The average molecular weight is 212 g/mol. The van der Waals surface area contributed by atoms with Crippen LogP contribution in [-0.4, -0.2) is 16.2 Å². The molecule has 1 aromatic rings. The van der Waals surface area contributed by atoms with Crippen LogP contribution in [0.5, 0.6) is 0 Å². The average Bonchev–Trinajstić information content (AvgIpc) is 2.17. The van der Waals surface area contributed by atoms with Gasteiger partial charge in [0.1, 0.15) is 0 Å². The number of fused-ring (bicyclic) bond motifs is 1. The standard InChI is InChI=1S/C7H8N4S2/c1-12-4-3-10-13-5-2-9-7(8)11-6(4)5/h2-3,10H,1H3,(H2,8,9,11). The Morgan fingerprint density at radius 2 is 2.46 bits per heavy atom. The molecular weight excluding hydrogens is 204 g/mol. The van der Waals surface area contributed by atoms with Crippen molar-refractivity contribution in [1.29, 1.82) is 0 Å². The number of rotatable bonds is 1. The molecule has 0 saturated carbocycles. The number of nitrogens with zero attached hydrogens (tertiary/aromatic N) is 2. The molecule has 0 fully saturated rings. The second-order valence-corrected chi connectivity index (χ2v) is 4.10. The summed E-state index contributed by atoms with van der Waals surface area (Å²) in [5.74, 6) is 0.321. The van der Waals surface area contributed by atoms with E-state index in [0.29, 0.717) is 5.95 Å². The Morgan fingerprint density at radius 1 is 1.62 bits per heavy atom. The van der Waals surface area contributed by atoms with Crippen LogP contribution in [0.2, 0.25) is 0 Å². The van der Waals surface area contributed by atoms with Crippen LogP contribution in [0.1, 0.15) is 5.69 Å². The molecule has 0 bridgehead atoms. The number of anilines is 1. The van der Waals surface area contributed by atoms with Crippen molar-refractivity contribution in [2.75, 3.05) is 12.0 Å². The van der Waals surface area contributed by atoms with Gasteiger partial charge in [0, 0.05) is 12.4 Å². The molecule has 1 aliphatic rings. The topological polar surface area (TPSA) is 63.8 Å². The van der Waals surface area contributed by atoms with Gasteiger partial charge in [0.15, 0.2) is 0 Å². The van der Waals surface area contributed by atoms with E-state index >= 15 is 0 Å². The molecule has 1 aromatic heterocycles. The highest BCUT2D eigenvalue weighted by atomic mass is 32.2. The van der Waals surface area contributed by atoms with E-state index in [-0.39, 0.29) is 0 Å². The van der Waals surface area contributed by atoms with E-state index < -0.39 is 0 Å². The Bertz CT molecular complexity index is 364. The van der Waals surface area contributed by atoms with Crippen LogP contribution >= 0.6 is 23.7 Å². The van der Waals surface area contributed by atoms with E-state index in [1.165, 1.54) is 11.9 Å². The molecule has 68 valence electrons. The lowest BCUT2D eigenvalue weighted by Crippen LogP contribution is -2.06. The van der Waals surface area contributed by atoms with E-state index in [1.54, 1.807) is 18.0 Å². The van der Waals surface area contributed by atoms with Crippen LogP contribution in [0.25, 0.3) is 4.91 Å². The Kier molecular flexibility index (Phi) is 2.32. The zero-order valence-electron chi connectivity index (χ0n) is 6.94. The van der Waals surface area contributed by atoms with Crippen LogP contribution in [0.15, 0.2) is 17.3 Å². The van der Waals surface area contributed by atoms with Gasteiger partial charge in [-0.25, -0.2) is 9.97 Å². The highest BCUT2D eigenvalue weighted by Crippen LogP contribution is 2.34. The minimum absolute atomic E-state index is 0.321. The van der Waals surface area contributed by atoms with E-state index in [4.69, 9.17) is 5.73 Å². The second-order valence-electron chi connectivity index (χ2n) is 2.37. The molecule has 0 saturated heterocycles. The van der Waals surface area contributed by atoms with Crippen LogP contribution in [0.4, 0.5) is 5.95 Å². The molecule has 3 N–H and O–H groups in total. The number of nitrogen functional groups attached to an aromatic ring is 1. The normalized spacial score (nSPS) is 14.4. The maximum absolute atomic E-state index is 5.51. The predicted octanol–water partition coefficient (Wildman–Crippen LogP) is 1.33. The highest BCUT2D eigenvalue weighted by molar-refractivity contribution is 8.08. The lowest BCUT2D eigenvalue weighted by molar-refractivity contribution is 1.08. The molecule has 6 heteroatoms. The summed E-state index contributed by atoms with van der Waals surface area (Å²) in [6.45, 7) is 0. The van der Waals surface area contributed by atoms with Crippen molar-refractivity contribution in [3.05, 3.63) is 18.1 Å². The molecule has 0 spiro atoms. The third-order valence-electron chi connectivity index (χ3n) is 1.59. The summed E-state index contributed by atoms with van der Waals surface area (Å²) in [6, 6.07) is 0. The first-order valence-electron chi connectivity index (χ1n) is 3.60. The fourth-order valence-electron chi connectivity index (χ4n) is 1.01. The number of nitrogens with two attached hydrogens (primary N) is 1. The largest absolute Gasteiger partial charge is 0.368 e. The van der Waals surface area contributed by atoms with Gasteiger partial charge in [-0.05, 0) is 18.2 Å². The van der Waals surface area contributed by atoms with E-state index in [0.717, 1.165) is 15.5 Å². The summed E-state index contributed by atoms with van der Waals surface area (Å²) >= 11 is 3.13. The van der Waals surface area contributed by atoms with Gasteiger partial charge in [0.05, 0.1) is 15.5 Å². The van der Waals surface area contributed by atoms with Crippen molar-refractivity contribution >= 4 is 34.6 Å². The SMILES string of the molecule is CSC1=CNSc2cnc(N)nc21. The molecule has 2 rings (SSSR count). The molecule has 4 nitrogen and oxygen atoms in total. The van der Waals surface area contributed by atoms with E-state index in [9.17, 15) is 0 Å². The number of hydrogen-bond acceptors (Lipinski definition) is 6. The summed E-state index contributed by atoms with van der Waals surface area (Å²) in [5.41, 5.74) is 6.43.